The predicted octanol–water partition coefficient (Wildman–Crippen LogP) is 10.5. The molecule has 0 aliphatic carbocycles. The Balaban J connectivity index is 1.17. The van der Waals surface area contributed by atoms with Crippen LogP contribution in [0.15, 0.2) is 156 Å². The van der Waals surface area contributed by atoms with Gasteiger partial charge in [-0.2, -0.15) is 0 Å². The van der Waals surface area contributed by atoms with Gasteiger partial charge in [-0.05, 0) is 59.7 Å². The zero-order chi connectivity index (χ0) is 29.0. The van der Waals surface area contributed by atoms with Crippen molar-refractivity contribution in [2.75, 3.05) is 0 Å². The van der Waals surface area contributed by atoms with Crippen LogP contribution in [0.4, 0.5) is 0 Å². The fourth-order valence-electron chi connectivity index (χ4n) is 6.34. The lowest BCUT2D eigenvalue weighted by molar-refractivity contribution is 0.672. The van der Waals surface area contributed by atoms with E-state index in [1.807, 2.05) is 36.4 Å². The molecule has 4 heteroatoms. The highest BCUT2D eigenvalue weighted by molar-refractivity contribution is 6.19. The van der Waals surface area contributed by atoms with Crippen molar-refractivity contribution in [2.45, 2.75) is 0 Å². The third kappa shape index (κ3) is 3.85. The summed E-state index contributed by atoms with van der Waals surface area (Å²) in [6.45, 7) is 0. The smallest absolute Gasteiger partial charge is 0.147 e. The normalized spacial score (nSPS) is 11.6. The van der Waals surface area contributed by atoms with Gasteiger partial charge >= 0.3 is 0 Å². The molecule has 0 bridgehead atoms. The van der Waals surface area contributed by atoms with Crippen LogP contribution in [-0.4, -0.2) is 14.5 Å². The molecule has 0 N–H and O–H groups in total. The lowest BCUT2D eigenvalue weighted by Gasteiger charge is -2.12. The summed E-state index contributed by atoms with van der Waals surface area (Å²) in [6.07, 6.45) is 0. The van der Waals surface area contributed by atoms with E-state index < -0.39 is 0 Å². The molecule has 9 rings (SSSR count). The van der Waals surface area contributed by atoms with Gasteiger partial charge in [-0.25, -0.2) is 9.97 Å². The van der Waals surface area contributed by atoms with E-state index >= 15 is 0 Å². The molecule has 6 aromatic carbocycles. The summed E-state index contributed by atoms with van der Waals surface area (Å²) in [5.74, 6) is 0.931. The van der Waals surface area contributed by atoms with E-state index in [-0.39, 0.29) is 0 Å². The number of hydrogen-bond donors (Lipinski definition) is 0. The number of para-hydroxylation sites is 4. The molecule has 3 aromatic heterocycles. The van der Waals surface area contributed by atoms with Crippen molar-refractivity contribution in [1.29, 1.82) is 0 Å². The van der Waals surface area contributed by atoms with E-state index in [0.29, 0.717) is 0 Å². The number of pyridine rings is 1. The van der Waals surface area contributed by atoms with Crippen LogP contribution in [0.2, 0.25) is 0 Å². The van der Waals surface area contributed by atoms with Crippen LogP contribution in [0.5, 0.6) is 0 Å². The molecular formula is C40H25N3O. The van der Waals surface area contributed by atoms with Crippen LogP contribution in [-0.2, 0) is 0 Å². The molecule has 0 amide bonds. The molecule has 44 heavy (non-hydrogen) atoms. The van der Waals surface area contributed by atoms with E-state index in [1.165, 1.54) is 0 Å². The maximum atomic E-state index is 6.42. The number of aromatic nitrogens is 3. The number of hydrogen-bond acceptors (Lipinski definition) is 3. The lowest BCUT2D eigenvalue weighted by Crippen LogP contribution is -1.97. The zero-order valence-corrected chi connectivity index (χ0v) is 23.7. The van der Waals surface area contributed by atoms with Gasteiger partial charge in [0.25, 0.3) is 0 Å². The standard InChI is InChI=1S/C40H25N3O/c1-2-11-27(12-3-1)40-42-34-18-7-8-19-35(34)43(40)30-23-21-26(22-24-30)28-13-10-14-29(25-28)38-37-32-16-5-9-20-36(32)44-39(37)31-15-4-6-17-33(31)41-38/h1-25H. The van der Waals surface area contributed by atoms with Gasteiger partial charge in [0.1, 0.15) is 17.0 Å². The van der Waals surface area contributed by atoms with E-state index in [1.54, 1.807) is 0 Å². The summed E-state index contributed by atoms with van der Waals surface area (Å²) >= 11 is 0. The third-order valence-electron chi connectivity index (χ3n) is 8.40. The molecule has 9 aromatic rings. The Morgan fingerprint density at radius 3 is 2.02 bits per heavy atom. The Bertz CT molecular complexity index is 2490. The molecule has 0 saturated carbocycles. The molecule has 0 fully saturated rings. The Kier molecular flexibility index (Phi) is 5.47. The van der Waals surface area contributed by atoms with E-state index in [0.717, 1.165) is 83.3 Å². The first-order valence-corrected chi connectivity index (χ1v) is 14.8. The minimum atomic E-state index is 0.871. The number of benzene rings is 6. The minimum absolute atomic E-state index is 0.871. The summed E-state index contributed by atoms with van der Waals surface area (Å²) in [6, 6.07) is 52.5. The second kappa shape index (κ2) is 9.79. The molecule has 0 radical (unpaired) electrons. The molecule has 4 nitrogen and oxygen atoms in total. The van der Waals surface area contributed by atoms with Crippen molar-refractivity contribution in [3.63, 3.8) is 0 Å². The first-order valence-electron chi connectivity index (χ1n) is 14.8. The van der Waals surface area contributed by atoms with Crippen molar-refractivity contribution in [3.8, 4) is 39.5 Å². The summed E-state index contributed by atoms with van der Waals surface area (Å²) in [5, 5.41) is 3.15. The van der Waals surface area contributed by atoms with Crippen molar-refractivity contribution in [3.05, 3.63) is 152 Å². The van der Waals surface area contributed by atoms with Gasteiger partial charge in [-0.3, -0.25) is 4.57 Å². The number of nitrogens with zero attached hydrogens (tertiary/aromatic N) is 3. The average molecular weight is 564 g/mol. The molecule has 0 atom stereocenters. The summed E-state index contributed by atoms with van der Waals surface area (Å²) in [5.41, 5.74) is 11.1. The monoisotopic (exact) mass is 563 g/mol. The van der Waals surface area contributed by atoms with Crippen molar-refractivity contribution < 1.29 is 4.42 Å². The topological polar surface area (TPSA) is 43.9 Å². The highest BCUT2D eigenvalue weighted by Gasteiger charge is 2.18. The van der Waals surface area contributed by atoms with Gasteiger partial charge in [-0.1, -0.05) is 103 Å². The Morgan fingerprint density at radius 1 is 0.477 bits per heavy atom. The van der Waals surface area contributed by atoms with Crippen LogP contribution >= 0.6 is 0 Å². The van der Waals surface area contributed by atoms with Crippen LogP contribution in [0.3, 0.4) is 0 Å². The van der Waals surface area contributed by atoms with Crippen molar-refractivity contribution in [1.82, 2.24) is 14.5 Å². The van der Waals surface area contributed by atoms with Gasteiger partial charge in [0.05, 0.1) is 27.6 Å². The van der Waals surface area contributed by atoms with E-state index in [4.69, 9.17) is 14.4 Å². The predicted molar refractivity (Wildman–Crippen MR) is 180 cm³/mol. The summed E-state index contributed by atoms with van der Waals surface area (Å²) in [7, 11) is 0. The largest absolute Gasteiger partial charge is 0.455 e. The second-order valence-corrected chi connectivity index (χ2v) is 11.0. The molecular weight excluding hydrogens is 538 g/mol. The molecule has 0 saturated heterocycles. The number of fused-ring (bicyclic) bond motifs is 6. The lowest BCUT2D eigenvalue weighted by atomic mass is 9.98. The van der Waals surface area contributed by atoms with Gasteiger partial charge in [0, 0.05) is 27.6 Å². The first kappa shape index (κ1) is 24.6. The Labute approximate surface area is 253 Å². The minimum Gasteiger partial charge on any atom is -0.455 e. The highest BCUT2D eigenvalue weighted by atomic mass is 16.3. The summed E-state index contributed by atoms with van der Waals surface area (Å²) in [4.78, 5) is 10.2. The molecule has 0 spiro atoms. The quantitative estimate of drug-likeness (QED) is 0.214. The Morgan fingerprint density at radius 2 is 1.16 bits per heavy atom. The van der Waals surface area contributed by atoms with Crippen molar-refractivity contribution >= 4 is 43.9 Å². The molecule has 0 aliphatic heterocycles. The third-order valence-corrected chi connectivity index (χ3v) is 8.40. The fourth-order valence-corrected chi connectivity index (χ4v) is 6.34. The van der Waals surface area contributed by atoms with Crippen LogP contribution in [0.1, 0.15) is 0 Å². The molecule has 0 aliphatic rings. The number of rotatable bonds is 4. The van der Waals surface area contributed by atoms with Crippen LogP contribution < -0.4 is 0 Å². The zero-order valence-electron chi connectivity index (χ0n) is 23.7. The number of imidazole rings is 1. The number of furan rings is 1. The maximum Gasteiger partial charge on any atom is 0.147 e. The maximum absolute atomic E-state index is 6.42. The van der Waals surface area contributed by atoms with E-state index in [9.17, 15) is 0 Å². The SMILES string of the molecule is c1ccc(-c2nc3ccccc3n2-c2ccc(-c3cccc(-c4nc5ccccc5c5oc6ccccc6c45)c3)cc2)cc1. The Hall–Kier alpha value is -6.00. The van der Waals surface area contributed by atoms with E-state index in [2.05, 4.69) is 120 Å². The van der Waals surface area contributed by atoms with Gasteiger partial charge in [0.2, 0.25) is 0 Å². The summed E-state index contributed by atoms with van der Waals surface area (Å²) < 4.78 is 8.66. The average Bonchev–Trinajstić information content (AvgIpc) is 3.68. The highest BCUT2D eigenvalue weighted by Crippen LogP contribution is 2.40. The first-order chi connectivity index (χ1) is 21.8. The molecule has 206 valence electrons. The molecule has 0 unspecified atom stereocenters. The van der Waals surface area contributed by atoms with Gasteiger partial charge in [0.15, 0.2) is 0 Å². The second-order valence-electron chi connectivity index (χ2n) is 11.0. The van der Waals surface area contributed by atoms with Crippen LogP contribution in [0, 0.1) is 0 Å². The van der Waals surface area contributed by atoms with Crippen molar-refractivity contribution in [2.24, 2.45) is 0 Å². The van der Waals surface area contributed by atoms with Gasteiger partial charge < -0.3 is 4.42 Å². The van der Waals surface area contributed by atoms with Gasteiger partial charge in [-0.15, -0.1) is 0 Å². The van der Waals surface area contributed by atoms with Crippen LogP contribution in [0.25, 0.3) is 83.3 Å². The molecule has 3 heterocycles. The fraction of sp³-hybridized carbons (Fsp3) is 0.